The zero-order valence-electron chi connectivity index (χ0n) is 5.14. The summed E-state index contributed by atoms with van der Waals surface area (Å²) in [6, 6.07) is 0. The monoisotopic (exact) mass is 150 g/mol. The topological polar surface area (TPSA) is 0 Å². The van der Waals surface area contributed by atoms with E-state index < -0.39 is 0 Å². The van der Waals surface area contributed by atoms with Gasteiger partial charge in [0, 0.05) is 0 Å². The van der Waals surface area contributed by atoms with Crippen LogP contribution in [0.25, 0.3) is 0 Å². The molecule has 2 heteroatoms. The van der Waals surface area contributed by atoms with Crippen molar-refractivity contribution < 1.29 is 0 Å². The van der Waals surface area contributed by atoms with Crippen LogP contribution in [-0.4, -0.2) is 0 Å². The van der Waals surface area contributed by atoms with Gasteiger partial charge in [-0.25, -0.2) is 0 Å². The number of rotatable bonds is 0. The highest BCUT2D eigenvalue weighted by Gasteiger charge is 1.95. The maximum absolute atomic E-state index is 3.22. The van der Waals surface area contributed by atoms with E-state index in [4.69, 9.17) is 0 Å². The van der Waals surface area contributed by atoms with Gasteiger partial charge in [0.2, 0.25) is 0 Å². The SMILES string of the molecule is C1CCCCC1.SS. The number of thiol groups is 2. The zero-order chi connectivity index (χ0) is 6.24. The Morgan fingerprint density at radius 2 is 0.625 bits per heavy atom. The lowest BCUT2D eigenvalue weighted by atomic mass is 10.0. The molecule has 0 radical (unpaired) electrons. The van der Waals surface area contributed by atoms with Gasteiger partial charge in [0.05, 0.1) is 0 Å². The van der Waals surface area contributed by atoms with Gasteiger partial charge in [-0.05, 0) is 0 Å². The van der Waals surface area contributed by atoms with E-state index in [0.717, 1.165) is 0 Å². The molecule has 0 amide bonds. The van der Waals surface area contributed by atoms with Crippen LogP contribution >= 0.6 is 23.3 Å². The Bertz CT molecular complexity index is 22.0. The summed E-state index contributed by atoms with van der Waals surface area (Å²) in [5, 5.41) is 0. The molecule has 0 aromatic heterocycles. The highest BCUT2D eigenvalue weighted by Crippen LogP contribution is 2.15. The summed E-state index contributed by atoms with van der Waals surface area (Å²) in [5.74, 6) is 0. The standard InChI is InChI=1S/C6H12.H2S2/c1-2-4-6-5-3-1;1-2/h1-6H2;1-2H. The summed E-state index contributed by atoms with van der Waals surface area (Å²) in [5.41, 5.74) is 0. The van der Waals surface area contributed by atoms with Crippen LogP contribution in [0.15, 0.2) is 0 Å². The average molecular weight is 150 g/mol. The predicted octanol–water partition coefficient (Wildman–Crippen LogP) is 3.10. The summed E-state index contributed by atoms with van der Waals surface area (Å²) in [4.78, 5) is 0. The molecule has 0 spiro atoms. The Labute approximate surface area is 62.3 Å². The fourth-order valence-electron chi connectivity index (χ4n) is 1.06. The second kappa shape index (κ2) is 7.70. The summed E-state index contributed by atoms with van der Waals surface area (Å²) in [7, 11) is 0. The molecular formula is C6H14S2. The van der Waals surface area contributed by atoms with Crippen molar-refractivity contribution >= 4 is 23.3 Å². The molecule has 0 aromatic rings. The van der Waals surface area contributed by atoms with Crippen molar-refractivity contribution in [1.29, 1.82) is 0 Å². The van der Waals surface area contributed by atoms with Gasteiger partial charge in [0.15, 0.2) is 0 Å². The van der Waals surface area contributed by atoms with Gasteiger partial charge in [-0.3, -0.25) is 0 Å². The van der Waals surface area contributed by atoms with Crippen LogP contribution in [0.3, 0.4) is 0 Å². The Hall–Kier alpha value is 0.700. The van der Waals surface area contributed by atoms with Crippen molar-refractivity contribution in [2.45, 2.75) is 38.5 Å². The fourth-order valence-corrected chi connectivity index (χ4v) is 1.06. The van der Waals surface area contributed by atoms with Crippen LogP contribution < -0.4 is 0 Å². The van der Waals surface area contributed by atoms with Crippen molar-refractivity contribution in [3.05, 3.63) is 0 Å². The second-order valence-electron chi connectivity index (χ2n) is 2.12. The van der Waals surface area contributed by atoms with Gasteiger partial charge < -0.3 is 0 Å². The first-order chi connectivity index (χ1) is 4.00. The molecule has 1 rings (SSSR count). The minimum atomic E-state index is 1.50. The van der Waals surface area contributed by atoms with Crippen molar-refractivity contribution in [2.75, 3.05) is 0 Å². The van der Waals surface area contributed by atoms with Crippen LogP contribution in [0.5, 0.6) is 0 Å². The molecule has 50 valence electrons. The van der Waals surface area contributed by atoms with Crippen LogP contribution in [0.4, 0.5) is 0 Å². The minimum Gasteiger partial charge on any atom is -0.115 e. The molecule has 1 aliphatic rings. The third kappa shape index (κ3) is 4.85. The molecule has 0 aromatic carbocycles. The lowest BCUT2D eigenvalue weighted by Gasteiger charge is -2.05. The van der Waals surface area contributed by atoms with Crippen LogP contribution in [-0.2, 0) is 0 Å². The summed E-state index contributed by atoms with van der Waals surface area (Å²) >= 11 is 6.44. The maximum atomic E-state index is 3.22. The highest BCUT2D eigenvalue weighted by molar-refractivity contribution is 8.59. The molecule has 0 nitrogen and oxygen atoms in total. The van der Waals surface area contributed by atoms with E-state index in [1.807, 2.05) is 0 Å². The molecule has 0 N–H and O–H groups in total. The first-order valence-corrected chi connectivity index (χ1v) is 4.80. The Balaban J connectivity index is 0.000000222. The van der Waals surface area contributed by atoms with E-state index >= 15 is 0 Å². The van der Waals surface area contributed by atoms with Gasteiger partial charge in [-0.15, -0.1) is 23.3 Å². The summed E-state index contributed by atoms with van der Waals surface area (Å²) in [6.45, 7) is 0. The summed E-state index contributed by atoms with van der Waals surface area (Å²) in [6.07, 6.45) is 9.00. The molecule has 0 aliphatic heterocycles. The molecule has 0 saturated heterocycles. The van der Waals surface area contributed by atoms with Gasteiger partial charge in [0.25, 0.3) is 0 Å². The molecule has 0 heterocycles. The van der Waals surface area contributed by atoms with E-state index in [0.29, 0.717) is 0 Å². The first-order valence-electron chi connectivity index (χ1n) is 3.20. The number of hydrogen-bond acceptors (Lipinski definition) is 2. The van der Waals surface area contributed by atoms with Crippen molar-refractivity contribution in [1.82, 2.24) is 0 Å². The normalized spacial score (nSPS) is 18.8. The Morgan fingerprint density at radius 1 is 0.500 bits per heavy atom. The van der Waals surface area contributed by atoms with Gasteiger partial charge >= 0.3 is 0 Å². The lowest BCUT2D eigenvalue weighted by molar-refractivity contribution is 0.504. The molecule has 8 heavy (non-hydrogen) atoms. The van der Waals surface area contributed by atoms with E-state index in [2.05, 4.69) is 23.3 Å². The molecule has 0 bridgehead atoms. The number of hydrogen-bond donors (Lipinski definition) is 2. The minimum absolute atomic E-state index is 1.50. The molecular weight excluding hydrogens is 136 g/mol. The Morgan fingerprint density at radius 3 is 0.750 bits per heavy atom. The lowest BCUT2D eigenvalue weighted by Crippen LogP contribution is -1.85. The first kappa shape index (κ1) is 8.70. The second-order valence-corrected chi connectivity index (χ2v) is 2.12. The molecule has 1 fully saturated rings. The van der Waals surface area contributed by atoms with Gasteiger partial charge in [-0.1, -0.05) is 38.5 Å². The van der Waals surface area contributed by atoms with Gasteiger partial charge in [0.1, 0.15) is 0 Å². The van der Waals surface area contributed by atoms with E-state index in [1.165, 1.54) is 38.5 Å². The summed E-state index contributed by atoms with van der Waals surface area (Å²) < 4.78 is 0. The smallest absolute Gasteiger partial charge is 0.0533 e. The zero-order valence-corrected chi connectivity index (χ0v) is 6.93. The van der Waals surface area contributed by atoms with Crippen molar-refractivity contribution in [3.8, 4) is 0 Å². The van der Waals surface area contributed by atoms with E-state index in [-0.39, 0.29) is 0 Å². The largest absolute Gasteiger partial charge is 0.115 e. The third-order valence-electron chi connectivity index (χ3n) is 1.50. The molecule has 1 aliphatic carbocycles. The fraction of sp³-hybridized carbons (Fsp3) is 1.00. The van der Waals surface area contributed by atoms with Gasteiger partial charge in [-0.2, -0.15) is 0 Å². The quantitative estimate of drug-likeness (QED) is 0.385. The molecule has 1 saturated carbocycles. The molecule has 0 unspecified atom stereocenters. The third-order valence-corrected chi connectivity index (χ3v) is 1.50. The van der Waals surface area contributed by atoms with E-state index in [9.17, 15) is 0 Å². The highest BCUT2D eigenvalue weighted by atomic mass is 33.1. The van der Waals surface area contributed by atoms with Crippen LogP contribution in [0.2, 0.25) is 0 Å². The van der Waals surface area contributed by atoms with Crippen LogP contribution in [0, 0.1) is 0 Å². The van der Waals surface area contributed by atoms with Crippen LogP contribution in [0.1, 0.15) is 38.5 Å². The van der Waals surface area contributed by atoms with E-state index in [1.54, 1.807) is 0 Å². The Kier molecular flexibility index (Phi) is 8.37. The van der Waals surface area contributed by atoms with Crippen molar-refractivity contribution in [3.63, 3.8) is 0 Å². The predicted molar refractivity (Wildman–Crippen MR) is 45.7 cm³/mol. The maximum Gasteiger partial charge on any atom is -0.0533 e. The average Bonchev–Trinajstić information content (AvgIpc) is 1.96. The molecule has 0 atom stereocenters. The van der Waals surface area contributed by atoms with Crippen molar-refractivity contribution in [2.24, 2.45) is 0 Å².